The SMILES string of the molecule is CN1CC2CC1CN2C(=O)Cn1ccc(Nc2ncc(C=O)s2)n1.CNc1c(C)ccc(O)c1C. The normalized spacial score (nSPS) is 18.8. The Kier molecular flexibility index (Phi) is 7.37. The number of aromatic nitrogens is 3. The number of anilines is 3. The van der Waals surface area contributed by atoms with Gasteiger partial charge in [-0.2, -0.15) is 5.10 Å². The van der Waals surface area contributed by atoms with Crippen molar-refractivity contribution >= 4 is 40.2 Å². The van der Waals surface area contributed by atoms with Crippen molar-refractivity contribution in [3.05, 3.63) is 46.6 Å². The first-order chi connectivity index (χ1) is 16.8. The molecule has 10 nitrogen and oxygen atoms in total. The number of amides is 1. The van der Waals surface area contributed by atoms with Crippen molar-refractivity contribution < 1.29 is 14.7 Å². The van der Waals surface area contributed by atoms with E-state index in [2.05, 4.69) is 32.7 Å². The van der Waals surface area contributed by atoms with E-state index in [0.717, 1.165) is 42.6 Å². The van der Waals surface area contributed by atoms with Crippen molar-refractivity contribution in [1.29, 1.82) is 0 Å². The largest absolute Gasteiger partial charge is 0.508 e. The van der Waals surface area contributed by atoms with Gasteiger partial charge in [0.15, 0.2) is 17.2 Å². The Labute approximate surface area is 208 Å². The first-order valence-corrected chi connectivity index (χ1v) is 12.3. The quantitative estimate of drug-likeness (QED) is 0.446. The predicted molar refractivity (Wildman–Crippen MR) is 137 cm³/mol. The van der Waals surface area contributed by atoms with Crippen LogP contribution in [0.3, 0.4) is 0 Å². The molecule has 2 aliphatic heterocycles. The molecule has 2 saturated heterocycles. The van der Waals surface area contributed by atoms with E-state index in [1.165, 1.54) is 17.5 Å². The minimum atomic E-state index is 0.114. The van der Waals surface area contributed by atoms with E-state index in [1.807, 2.05) is 31.9 Å². The van der Waals surface area contributed by atoms with Crippen molar-refractivity contribution in [2.75, 3.05) is 37.8 Å². The molecule has 1 aromatic carbocycles. The van der Waals surface area contributed by atoms with Gasteiger partial charge < -0.3 is 20.6 Å². The van der Waals surface area contributed by atoms with Gasteiger partial charge in [0.25, 0.3) is 0 Å². The topological polar surface area (TPSA) is 116 Å². The first-order valence-electron chi connectivity index (χ1n) is 11.5. The molecule has 11 heteroatoms. The van der Waals surface area contributed by atoms with E-state index in [-0.39, 0.29) is 12.5 Å². The number of rotatable bonds is 6. The van der Waals surface area contributed by atoms with Crippen molar-refractivity contribution in [1.82, 2.24) is 24.6 Å². The molecule has 3 aromatic rings. The van der Waals surface area contributed by atoms with E-state index in [1.54, 1.807) is 23.0 Å². The fourth-order valence-electron chi connectivity index (χ4n) is 4.65. The highest BCUT2D eigenvalue weighted by atomic mass is 32.1. The number of aldehydes is 1. The molecule has 0 radical (unpaired) electrons. The van der Waals surface area contributed by atoms with E-state index in [0.29, 0.717) is 33.7 Å². The van der Waals surface area contributed by atoms with Crippen molar-refractivity contribution in [3.63, 3.8) is 0 Å². The zero-order valence-corrected chi connectivity index (χ0v) is 21.2. The van der Waals surface area contributed by atoms with Crippen LogP contribution in [0.2, 0.25) is 0 Å². The maximum atomic E-state index is 12.5. The molecule has 5 rings (SSSR count). The number of nitrogens with one attached hydrogen (secondary N) is 2. The highest BCUT2D eigenvalue weighted by Crippen LogP contribution is 2.29. The number of likely N-dealkylation sites (N-methyl/N-ethyl adjacent to an activating group) is 1. The van der Waals surface area contributed by atoms with Gasteiger partial charge in [0.05, 0.1) is 11.1 Å². The third kappa shape index (κ3) is 5.46. The molecular weight excluding hydrogens is 466 g/mol. The number of piperazine rings is 1. The number of carbonyl (C=O) groups is 2. The van der Waals surface area contributed by atoms with Crippen LogP contribution < -0.4 is 10.6 Å². The first kappa shape index (κ1) is 24.7. The summed E-state index contributed by atoms with van der Waals surface area (Å²) >= 11 is 1.26. The highest BCUT2D eigenvalue weighted by Gasteiger charge is 2.43. The van der Waals surface area contributed by atoms with Gasteiger partial charge in [-0.1, -0.05) is 17.4 Å². The maximum Gasteiger partial charge on any atom is 0.244 e. The molecule has 0 aliphatic carbocycles. The number of aryl methyl sites for hydroxylation is 1. The summed E-state index contributed by atoms with van der Waals surface area (Å²) in [6, 6.07) is 6.25. The molecular formula is C24H31N7O3S. The lowest BCUT2D eigenvalue weighted by Crippen LogP contribution is -2.48. The van der Waals surface area contributed by atoms with Crippen LogP contribution in [-0.2, 0) is 11.3 Å². The summed E-state index contributed by atoms with van der Waals surface area (Å²) in [4.78, 5) is 32.1. The van der Waals surface area contributed by atoms with Crippen molar-refractivity contribution in [3.8, 4) is 5.75 Å². The lowest BCUT2D eigenvalue weighted by molar-refractivity contribution is -0.134. The van der Waals surface area contributed by atoms with Crippen molar-refractivity contribution in [2.24, 2.45) is 0 Å². The van der Waals surface area contributed by atoms with Gasteiger partial charge in [-0.25, -0.2) is 4.98 Å². The average Bonchev–Trinajstić information content (AvgIpc) is 3.62. The average molecular weight is 498 g/mol. The van der Waals surface area contributed by atoms with Gasteiger partial charge in [-0.3, -0.25) is 19.2 Å². The van der Waals surface area contributed by atoms with Crippen LogP contribution in [0.1, 0.15) is 27.2 Å². The fraction of sp³-hybridized carbons (Fsp3) is 0.417. The molecule has 186 valence electrons. The highest BCUT2D eigenvalue weighted by molar-refractivity contribution is 7.17. The number of benzene rings is 1. The number of nitrogens with zero attached hydrogens (tertiary/aromatic N) is 5. The van der Waals surface area contributed by atoms with Crippen LogP contribution >= 0.6 is 11.3 Å². The third-order valence-electron chi connectivity index (χ3n) is 6.54. The Hall–Kier alpha value is -3.44. The van der Waals surface area contributed by atoms with Crippen LogP contribution in [-0.4, -0.2) is 81.1 Å². The number of phenols is 1. The van der Waals surface area contributed by atoms with Crippen LogP contribution in [0.5, 0.6) is 5.75 Å². The molecule has 2 bridgehead atoms. The monoisotopic (exact) mass is 497 g/mol. The molecule has 0 saturated carbocycles. The summed E-state index contributed by atoms with van der Waals surface area (Å²) in [6.07, 6.45) is 5.13. The summed E-state index contributed by atoms with van der Waals surface area (Å²) < 4.78 is 1.63. The standard InChI is InChI=1S/C15H18N6O2S.C9H13NO/c1-19-6-11-4-10(19)7-21(11)14(23)8-20-3-2-13(18-20)17-15-16-5-12(9-22)24-15;1-6-4-5-8(11)7(2)9(6)10-3/h2-3,5,9-11H,4,6-8H2,1H3,(H,16,17,18);4-5,10-11H,1-3H3. The number of fused-ring (bicyclic) bond motifs is 2. The molecule has 4 heterocycles. The summed E-state index contributed by atoms with van der Waals surface area (Å²) in [5.74, 6) is 1.07. The van der Waals surface area contributed by atoms with Crippen molar-refractivity contribution in [2.45, 2.75) is 38.9 Å². The van der Waals surface area contributed by atoms with Gasteiger partial charge in [-0.05, 0) is 38.9 Å². The second kappa shape index (κ2) is 10.4. The number of likely N-dealkylation sites (tertiary alicyclic amines) is 2. The predicted octanol–water partition coefficient (Wildman–Crippen LogP) is 2.86. The summed E-state index contributed by atoms with van der Waals surface area (Å²) in [6.45, 7) is 5.93. The molecule has 3 N–H and O–H groups in total. The minimum absolute atomic E-state index is 0.114. The van der Waals surface area contributed by atoms with Gasteiger partial charge >= 0.3 is 0 Å². The Morgan fingerprint density at radius 1 is 1.26 bits per heavy atom. The molecule has 2 fully saturated rings. The van der Waals surface area contributed by atoms with Gasteiger partial charge in [0, 0.05) is 55.7 Å². The summed E-state index contributed by atoms with van der Waals surface area (Å²) in [7, 11) is 3.97. The Balaban J connectivity index is 0.000000221. The Morgan fingerprint density at radius 3 is 2.66 bits per heavy atom. The molecule has 2 aliphatic rings. The smallest absolute Gasteiger partial charge is 0.244 e. The number of aromatic hydroxyl groups is 1. The minimum Gasteiger partial charge on any atom is -0.508 e. The number of phenolic OH excluding ortho intramolecular Hbond substituents is 1. The van der Waals surface area contributed by atoms with Crippen LogP contribution in [0.25, 0.3) is 0 Å². The zero-order valence-electron chi connectivity index (χ0n) is 20.4. The molecule has 1 amide bonds. The molecule has 35 heavy (non-hydrogen) atoms. The second-order valence-electron chi connectivity index (χ2n) is 8.89. The lowest BCUT2D eigenvalue weighted by Gasteiger charge is -2.31. The Bertz CT molecular complexity index is 1210. The molecule has 2 unspecified atom stereocenters. The number of carbonyl (C=O) groups excluding carboxylic acids is 2. The third-order valence-corrected chi connectivity index (χ3v) is 7.38. The number of hydrogen-bond acceptors (Lipinski definition) is 9. The second-order valence-corrected chi connectivity index (χ2v) is 9.95. The van der Waals surface area contributed by atoms with Gasteiger partial charge in [0.1, 0.15) is 12.3 Å². The van der Waals surface area contributed by atoms with Gasteiger partial charge in [-0.15, -0.1) is 0 Å². The van der Waals surface area contributed by atoms with Crippen LogP contribution in [0.15, 0.2) is 30.6 Å². The molecule has 2 aromatic heterocycles. The fourth-order valence-corrected chi connectivity index (χ4v) is 5.28. The van der Waals surface area contributed by atoms with E-state index < -0.39 is 0 Å². The van der Waals surface area contributed by atoms with Gasteiger partial charge in [0.2, 0.25) is 5.91 Å². The number of thiazole rings is 1. The Morgan fingerprint density at radius 2 is 2.06 bits per heavy atom. The zero-order chi connectivity index (χ0) is 25.1. The lowest BCUT2D eigenvalue weighted by atomic mass is 10.1. The number of hydrogen-bond donors (Lipinski definition) is 3. The van der Waals surface area contributed by atoms with E-state index in [9.17, 15) is 14.7 Å². The summed E-state index contributed by atoms with van der Waals surface area (Å²) in [5, 5.41) is 20.4. The van der Waals surface area contributed by atoms with Crippen LogP contribution in [0.4, 0.5) is 16.6 Å². The van der Waals surface area contributed by atoms with E-state index >= 15 is 0 Å². The van der Waals surface area contributed by atoms with Crippen LogP contribution in [0, 0.1) is 13.8 Å². The van der Waals surface area contributed by atoms with E-state index in [4.69, 9.17) is 0 Å². The maximum absolute atomic E-state index is 12.5. The molecule has 0 spiro atoms. The molecule has 2 atom stereocenters. The summed E-state index contributed by atoms with van der Waals surface area (Å²) in [5.41, 5.74) is 3.08.